The fourth-order valence-electron chi connectivity index (χ4n) is 3.87. The normalized spacial score (nSPS) is 24.2. The van der Waals surface area contributed by atoms with Gasteiger partial charge >= 0.3 is 5.97 Å². The standard InChI is InChI=1S/C22H20Cl2FNO4/c23-14-8-6-13(7-9-14)20-21(15-2-1-3-16(24)19(15)25)30-17(10-18(27)28)22(29)26(20)11-12-4-5-12/h1-3,6-9,12,17,20-21H,4-5,10-11H2,(H,27,28)/t17-,20+,21-/m1/s1. The number of ether oxygens (including phenoxy) is 1. The van der Waals surface area contributed by atoms with Gasteiger partial charge in [0.2, 0.25) is 0 Å². The van der Waals surface area contributed by atoms with E-state index in [2.05, 4.69) is 0 Å². The van der Waals surface area contributed by atoms with Crippen LogP contribution in [0, 0.1) is 11.7 Å². The van der Waals surface area contributed by atoms with E-state index in [1.54, 1.807) is 41.3 Å². The summed E-state index contributed by atoms with van der Waals surface area (Å²) in [6.45, 7) is 0.463. The molecule has 1 N–H and O–H groups in total. The molecule has 1 heterocycles. The number of carbonyl (C=O) groups excluding carboxylic acids is 1. The number of halogens is 3. The molecule has 0 unspecified atom stereocenters. The molecule has 1 aliphatic heterocycles. The van der Waals surface area contributed by atoms with Crippen molar-refractivity contribution in [3.05, 3.63) is 69.5 Å². The molecule has 5 nitrogen and oxygen atoms in total. The van der Waals surface area contributed by atoms with E-state index >= 15 is 0 Å². The van der Waals surface area contributed by atoms with E-state index in [9.17, 15) is 19.1 Å². The van der Waals surface area contributed by atoms with Crippen LogP contribution in [0.3, 0.4) is 0 Å². The van der Waals surface area contributed by atoms with Crippen molar-refractivity contribution in [1.82, 2.24) is 4.90 Å². The zero-order valence-corrected chi connectivity index (χ0v) is 17.4. The summed E-state index contributed by atoms with van der Waals surface area (Å²) in [7, 11) is 0. The van der Waals surface area contributed by atoms with Gasteiger partial charge in [-0.25, -0.2) is 4.39 Å². The Morgan fingerprint density at radius 1 is 1.17 bits per heavy atom. The Hall–Kier alpha value is -2.15. The summed E-state index contributed by atoms with van der Waals surface area (Å²) in [5.41, 5.74) is 0.915. The number of rotatable bonds is 6. The monoisotopic (exact) mass is 451 g/mol. The molecular weight excluding hydrogens is 432 g/mol. The Morgan fingerprint density at radius 2 is 1.87 bits per heavy atom. The van der Waals surface area contributed by atoms with Crippen LogP contribution >= 0.6 is 23.2 Å². The molecule has 1 amide bonds. The summed E-state index contributed by atoms with van der Waals surface area (Å²) < 4.78 is 20.9. The van der Waals surface area contributed by atoms with Crippen LogP contribution in [0.25, 0.3) is 0 Å². The quantitative estimate of drug-likeness (QED) is 0.668. The molecular formula is C22H20Cl2FNO4. The maximum atomic E-state index is 15.0. The Balaban J connectivity index is 1.82. The first kappa shape index (κ1) is 21.1. The maximum Gasteiger partial charge on any atom is 0.306 e. The number of nitrogens with zero attached hydrogens (tertiary/aromatic N) is 1. The van der Waals surface area contributed by atoms with Gasteiger partial charge in [0, 0.05) is 17.1 Å². The molecule has 2 fully saturated rings. The van der Waals surface area contributed by atoms with Crippen molar-refractivity contribution in [3.63, 3.8) is 0 Å². The first-order chi connectivity index (χ1) is 14.3. The summed E-state index contributed by atoms with van der Waals surface area (Å²) >= 11 is 12.0. The van der Waals surface area contributed by atoms with Crippen molar-refractivity contribution in [2.24, 2.45) is 5.92 Å². The number of benzene rings is 2. The first-order valence-corrected chi connectivity index (χ1v) is 10.5. The molecule has 8 heteroatoms. The lowest BCUT2D eigenvalue weighted by Gasteiger charge is -2.45. The lowest BCUT2D eigenvalue weighted by Crippen LogP contribution is -2.52. The second kappa shape index (κ2) is 8.53. The van der Waals surface area contributed by atoms with Crippen molar-refractivity contribution in [2.45, 2.75) is 37.5 Å². The molecule has 1 saturated carbocycles. The molecule has 1 saturated heterocycles. The van der Waals surface area contributed by atoms with E-state index < -0.39 is 42.4 Å². The van der Waals surface area contributed by atoms with Gasteiger partial charge in [-0.05, 0) is 42.5 Å². The molecule has 4 rings (SSSR count). The number of hydrogen-bond acceptors (Lipinski definition) is 3. The van der Waals surface area contributed by atoms with Crippen LogP contribution < -0.4 is 0 Å². The highest BCUT2D eigenvalue weighted by Gasteiger charge is 2.47. The van der Waals surface area contributed by atoms with E-state index in [-0.39, 0.29) is 10.6 Å². The third kappa shape index (κ3) is 4.31. The zero-order valence-electron chi connectivity index (χ0n) is 15.9. The summed E-state index contributed by atoms with van der Waals surface area (Å²) in [6, 6.07) is 10.9. The van der Waals surface area contributed by atoms with Crippen molar-refractivity contribution >= 4 is 35.1 Å². The van der Waals surface area contributed by atoms with Gasteiger partial charge in [-0.15, -0.1) is 0 Å². The number of carboxylic acid groups (broad SMARTS) is 1. The molecule has 2 aliphatic rings. The average molecular weight is 452 g/mol. The minimum absolute atomic E-state index is 0.0635. The fraction of sp³-hybridized carbons (Fsp3) is 0.364. The second-order valence-corrected chi connectivity index (χ2v) is 8.56. The van der Waals surface area contributed by atoms with Gasteiger partial charge in [-0.1, -0.05) is 47.5 Å². The lowest BCUT2D eigenvalue weighted by molar-refractivity contribution is -0.179. The number of carbonyl (C=O) groups is 2. The minimum Gasteiger partial charge on any atom is -0.481 e. The third-order valence-electron chi connectivity index (χ3n) is 5.50. The largest absolute Gasteiger partial charge is 0.481 e. The van der Waals surface area contributed by atoms with E-state index in [1.807, 2.05) is 0 Å². The van der Waals surface area contributed by atoms with E-state index in [4.69, 9.17) is 27.9 Å². The summed E-state index contributed by atoms with van der Waals surface area (Å²) in [5, 5.41) is 9.74. The van der Waals surface area contributed by atoms with Crippen LogP contribution in [-0.2, 0) is 14.3 Å². The van der Waals surface area contributed by atoms with Gasteiger partial charge in [0.15, 0.2) is 0 Å². The Labute approximate surface area is 183 Å². The summed E-state index contributed by atoms with van der Waals surface area (Å²) in [4.78, 5) is 26.2. The van der Waals surface area contributed by atoms with Crippen LogP contribution in [0.1, 0.15) is 42.5 Å². The molecule has 0 spiro atoms. The van der Waals surface area contributed by atoms with E-state index in [0.29, 0.717) is 17.5 Å². The summed E-state index contributed by atoms with van der Waals surface area (Å²) in [6.07, 6.45) is -0.611. The molecule has 2 aromatic carbocycles. The molecule has 3 atom stereocenters. The first-order valence-electron chi connectivity index (χ1n) is 9.72. The maximum absolute atomic E-state index is 15.0. The minimum atomic E-state index is -1.20. The predicted molar refractivity (Wildman–Crippen MR) is 110 cm³/mol. The van der Waals surface area contributed by atoms with Gasteiger partial charge in [0.1, 0.15) is 18.0 Å². The van der Waals surface area contributed by atoms with Crippen LogP contribution in [0.2, 0.25) is 10.0 Å². The molecule has 1 aliphatic carbocycles. The van der Waals surface area contributed by atoms with Crippen molar-refractivity contribution < 1.29 is 23.8 Å². The second-order valence-electron chi connectivity index (χ2n) is 7.72. The Morgan fingerprint density at radius 3 is 2.50 bits per heavy atom. The number of carboxylic acids is 1. The highest BCUT2D eigenvalue weighted by atomic mass is 35.5. The van der Waals surface area contributed by atoms with Crippen LogP contribution in [0.4, 0.5) is 4.39 Å². The topological polar surface area (TPSA) is 66.8 Å². The fourth-order valence-corrected chi connectivity index (χ4v) is 4.18. The number of amides is 1. The predicted octanol–water partition coefficient (Wildman–Crippen LogP) is 5.03. The number of morpholine rings is 1. The van der Waals surface area contributed by atoms with Gasteiger partial charge in [-0.3, -0.25) is 9.59 Å². The van der Waals surface area contributed by atoms with Crippen LogP contribution in [0.5, 0.6) is 0 Å². The van der Waals surface area contributed by atoms with E-state index in [0.717, 1.165) is 18.4 Å². The van der Waals surface area contributed by atoms with Gasteiger partial charge < -0.3 is 14.7 Å². The lowest BCUT2D eigenvalue weighted by atomic mass is 9.90. The van der Waals surface area contributed by atoms with Gasteiger partial charge in [0.25, 0.3) is 5.91 Å². The third-order valence-corrected chi connectivity index (χ3v) is 6.05. The number of aliphatic carboxylic acids is 1. The molecule has 158 valence electrons. The molecule has 0 radical (unpaired) electrons. The number of hydrogen-bond donors (Lipinski definition) is 1. The van der Waals surface area contributed by atoms with Gasteiger partial charge in [-0.2, -0.15) is 0 Å². The van der Waals surface area contributed by atoms with Crippen molar-refractivity contribution in [3.8, 4) is 0 Å². The molecule has 0 aromatic heterocycles. The van der Waals surface area contributed by atoms with E-state index in [1.165, 1.54) is 6.07 Å². The molecule has 30 heavy (non-hydrogen) atoms. The van der Waals surface area contributed by atoms with Crippen molar-refractivity contribution in [2.75, 3.05) is 6.54 Å². The van der Waals surface area contributed by atoms with Gasteiger partial charge in [0.05, 0.1) is 17.5 Å². The molecule has 0 bridgehead atoms. The zero-order chi connectivity index (χ0) is 21.4. The van der Waals surface area contributed by atoms with Crippen LogP contribution in [-0.4, -0.2) is 34.5 Å². The summed E-state index contributed by atoms with van der Waals surface area (Å²) in [5.74, 6) is -1.85. The van der Waals surface area contributed by atoms with Crippen molar-refractivity contribution in [1.29, 1.82) is 0 Å². The highest BCUT2D eigenvalue weighted by Crippen LogP contribution is 2.46. The average Bonchev–Trinajstić information content (AvgIpc) is 3.52. The Kier molecular flexibility index (Phi) is 6.00. The van der Waals surface area contributed by atoms with Crippen LogP contribution in [0.15, 0.2) is 42.5 Å². The molecule has 2 aromatic rings. The Bertz CT molecular complexity index is 964. The smallest absolute Gasteiger partial charge is 0.306 e. The highest BCUT2D eigenvalue weighted by molar-refractivity contribution is 6.31. The SMILES string of the molecule is O=C(O)C[C@H]1O[C@H](c2cccc(Cl)c2F)[C@H](c2ccc(Cl)cc2)N(CC2CC2)C1=O.